The van der Waals surface area contributed by atoms with E-state index in [-0.39, 0.29) is 5.91 Å². The molecule has 0 spiro atoms. The third-order valence-corrected chi connectivity index (χ3v) is 2.40. The highest BCUT2D eigenvalue weighted by molar-refractivity contribution is 9.10. The quantitative estimate of drug-likeness (QED) is 0.795. The number of halogens is 2. The van der Waals surface area contributed by atoms with Gasteiger partial charge in [-0.3, -0.25) is 4.79 Å². The Labute approximate surface area is 96.1 Å². The fraction of sp³-hybridized carbons (Fsp3) is 0.444. The Morgan fingerprint density at radius 3 is 2.79 bits per heavy atom. The maximum atomic E-state index is 11.7. The summed E-state index contributed by atoms with van der Waals surface area (Å²) in [4.78, 5) is 13.4. The van der Waals surface area contributed by atoms with Gasteiger partial charge in [-0.15, -0.1) is 11.6 Å². The summed E-state index contributed by atoms with van der Waals surface area (Å²) in [7, 11) is 0. The predicted octanol–water partition coefficient (Wildman–Crippen LogP) is 2.74. The van der Waals surface area contributed by atoms with Crippen LogP contribution in [0.1, 0.15) is 17.5 Å². The van der Waals surface area contributed by atoms with E-state index in [4.69, 9.17) is 16.0 Å². The van der Waals surface area contributed by atoms with E-state index >= 15 is 0 Å². The molecule has 3 nitrogen and oxygen atoms in total. The van der Waals surface area contributed by atoms with Gasteiger partial charge < -0.3 is 9.32 Å². The summed E-state index contributed by atoms with van der Waals surface area (Å²) < 4.78 is 5.71. The molecular weight excluding hydrogens is 269 g/mol. The van der Waals surface area contributed by atoms with Crippen molar-refractivity contribution in [3.63, 3.8) is 0 Å². The Balaban J connectivity index is 2.72. The Morgan fingerprint density at radius 2 is 2.36 bits per heavy atom. The van der Waals surface area contributed by atoms with Crippen LogP contribution in [0.2, 0.25) is 0 Å². The summed E-state index contributed by atoms with van der Waals surface area (Å²) in [6.45, 7) is 3.07. The van der Waals surface area contributed by atoms with Gasteiger partial charge in [-0.25, -0.2) is 0 Å². The maximum absolute atomic E-state index is 11.7. The summed E-state index contributed by atoms with van der Waals surface area (Å²) in [5, 5.41) is 0. The molecule has 0 N–H and O–H groups in total. The van der Waals surface area contributed by atoms with Gasteiger partial charge in [-0.05, 0) is 35.0 Å². The lowest BCUT2D eigenvalue weighted by molar-refractivity contribution is 0.0741. The third-order valence-electron chi connectivity index (χ3n) is 1.81. The van der Waals surface area contributed by atoms with E-state index in [2.05, 4.69) is 15.9 Å². The molecule has 1 aromatic heterocycles. The average molecular weight is 281 g/mol. The summed E-state index contributed by atoms with van der Waals surface area (Å²) in [6.07, 6.45) is 0. The van der Waals surface area contributed by atoms with Crippen molar-refractivity contribution in [3.8, 4) is 0 Å². The molecule has 0 unspecified atom stereocenters. The zero-order chi connectivity index (χ0) is 10.6. The van der Waals surface area contributed by atoms with Crippen LogP contribution in [0.25, 0.3) is 0 Å². The first-order valence-electron chi connectivity index (χ1n) is 4.29. The van der Waals surface area contributed by atoms with E-state index in [0.717, 1.165) is 0 Å². The number of carbonyl (C=O) groups excluding carboxylic acids is 1. The normalized spacial score (nSPS) is 10.2. The molecule has 5 heteroatoms. The monoisotopic (exact) mass is 279 g/mol. The second-order valence-corrected chi connectivity index (χ2v) is 3.84. The summed E-state index contributed by atoms with van der Waals surface area (Å²) in [5.41, 5.74) is 0. The fourth-order valence-electron chi connectivity index (χ4n) is 1.09. The summed E-state index contributed by atoms with van der Waals surface area (Å²) in [6, 6.07) is 3.34. The van der Waals surface area contributed by atoms with Gasteiger partial charge in [0.1, 0.15) is 0 Å². The Bertz CT molecular complexity index is 314. The number of hydrogen-bond acceptors (Lipinski definition) is 2. The molecule has 0 radical (unpaired) electrons. The summed E-state index contributed by atoms with van der Waals surface area (Å²) in [5.74, 6) is 0.643. The number of amides is 1. The standard InChI is InChI=1S/C9H11BrClNO2/c1-2-12(6-5-11)9(13)7-3-4-8(10)14-7/h3-4H,2,5-6H2,1H3. The molecule has 0 saturated heterocycles. The molecule has 1 aromatic rings. The van der Waals surface area contributed by atoms with Gasteiger partial charge in [0, 0.05) is 19.0 Å². The lowest BCUT2D eigenvalue weighted by Gasteiger charge is -2.17. The van der Waals surface area contributed by atoms with E-state index in [1.807, 2.05) is 6.92 Å². The predicted molar refractivity (Wildman–Crippen MR) is 58.7 cm³/mol. The van der Waals surface area contributed by atoms with Crippen LogP contribution < -0.4 is 0 Å². The number of rotatable bonds is 4. The number of furan rings is 1. The molecule has 0 aliphatic heterocycles. The van der Waals surface area contributed by atoms with E-state index in [1.54, 1.807) is 17.0 Å². The smallest absolute Gasteiger partial charge is 0.289 e. The minimum absolute atomic E-state index is 0.126. The summed E-state index contributed by atoms with van der Waals surface area (Å²) >= 11 is 8.73. The van der Waals surface area contributed by atoms with Gasteiger partial charge in [-0.1, -0.05) is 0 Å². The second-order valence-electron chi connectivity index (χ2n) is 2.68. The van der Waals surface area contributed by atoms with Crippen molar-refractivity contribution in [2.45, 2.75) is 6.92 Å². The molecule has 0 bridgehead atoms. The van der Waals surface area contributed by atoms with Crippen LogP contribution in [-0.4, -0.2) is 29.8 Å². The first-order valence-corrected chi connectivity index (χ1v) is 5.62. The zero-order valence-corrected chi connectivity index (χ0v) is 10.1. The van der Waals surface area contributed by atoms with Gasteiger partial charge in [-0.2, -0.15) is 0 Å². The Hall–Kier alpha value is -0.480. The van der Waals surface area contributed by atoms with Crippen LogP contribution in [0.4, 0.5) is 0 Å². The highest BCUT2D eigenvalue weighted by Gasteiger charge is 2.16. The van der Waals surface area contributed by atoms with Crippen LogP contribution >= 0.6 is 27.5 Å². The first kappa shape index (κ1) is 11.6. The lowest BCUT2D eigenvalue weighted by Crippen LogP contribution is -2.32. The Morgan fingerprint density at radius 1 is 1.64 bits per heavy atom. The molecule has 1 heterocycles. The van der Waals surface area contributed by atoms with Crippen LogP contribution in [0, 0.1) is 0 Å². The van der Waals surface area contributed by atoms with E-state index in [1.165, 1.54) is 0 Å². The van der Waals surface area contributed by atoms with E-state index in [9.17, 15) is 4.79 Å². The van der Waals surface area contributed by atoms with Gasteiger partial charge in [0.2, 0.25) is 0 Å². The SMILES string of the molecule is CCN(CCCl)C(=O)c1ccc(Br)o1. The largest absolute Gasteiger partial charge is 0.444 e. The second kappa shape index (κ2) is 5.41. The van der Waals surface area contributed by atoms with Crippen molar-refractivity contribution in [1.29, 1.82) is 0 Å². The molecule has 78 valence electrons. The van der Waals surface area contributed by atoms with Crippen molar-refractivity contribution < 1.29 is 9.21 Å². The van der Waals surface area contributed by atoms with Crippen LogP contribution in [-0.2, 0) is 0 Å². The highest BCUT2D eigenvalue weighted by atomic mass is 79.9. The topological polar surface area (TPSA) is 33.5 Å². The van der Waals surface area contributed by atoms with E-state index < -0.39 is 0 Å². The molecule has 1 amide bonds. The highest BCUT2D eigenvalue weighted by Crippen LogP contribution is 2.15. The molecule has 0 saturated carbocycles. The average Bonchev–Trinajstić information content (AvgIpc) is 2.60. The van der Waals surface area contributed by atoms with Crippen molar-refractivity contribution in [2.24, 2.45) is 0 Å². The zero-order valence-electron chi connectivity index (χ0n) is 7.80. The van der Waals surface area contributed by atoms with Crippen molar-refractivity contribution >= 4 is 33.4 Å². The molecule has 0 aromatic carbocycles. The van der Waals surface area contributed by atoms with Crippen molar-refractivity contribution in [1.82, 2.24) is 4.90 Å². The van der Waals surface area contributed by atoms with E-state index in [0.29, 0.717) is 29.4 Å². The fourth-order valence-corrected chi connectivity index (χ4v) is 1.60. The van der Waals surface area contributed by atoms with Gasteiger partial charge in [0.15, 0.2) is 10.4 Å². The van der Waals surface area contributed by atoms with Crippen LogP contribution in [0.15, 0.2) is 21.2 Å². The lowest BCUT2D eigenvalue weighted by atomic mass is 10.4. The van der Waals surface area contributed by atoms with Gasteiger partial charge >= 0.3 is 0 Å². The molecule has 14 heavy (non-hydrogen) atoms. The molecule has 0 aliphatic carbocycles. The number of hydrogen-bond donors (Lipinski definition) is 0. The van der Waals surface area contributed by atoms with Gasteiger partial charge in [0.05, 0.1) is 0 Å². The van der Waals surface area contributed by atoms with Gasteiger partial charge in [0.25, 0.3) is 5.91 Å². The molecule has 0 fully saturated rings. The Kier molecular flexibility index (Phi) is 4.48. The van der Waals surface area contributed by atoms with Crippen LogP contribution in [0.3, 0.4) is 0 Å². The molecule has 0 aliphatic rings. The maximum Gasteiger partial charge on any atom is 0.289 e. The molecule has 1 rings (SSSR count). The first-order chi connectivity index (χ1) is 6.69. The molecular formula is C9H11BrClNO2. The molecule has 0 atom stereocenters. The minimum Gasteiger partial charge on any atom is -0.444 e. The van der Waals surface area contributed by atoms with Crippen LogP contribution in [0.5, 0.6) is 0 Å². The van der Waals surface area contributed by atoms with Crippen molar-refractivity contribution in [3.05, 3.63) is 22.6 Å². The number of carbonyl (C=O) groups is 1. The van der Waals surface area contributed by atoms with Crippen molar-refractivity contribution in [2.75, 3.05) is 19.0 Å². The number of nitrogens with zero attached hydrogens (tertiary/aromatic N) is 1. The number of alkyl halides is 1. The third kappa shape index (κ3) is 2.75. The minimum atomic E-state index is -0.126.